The highest BCUT2D eigenvalue weighted by Crippen LogP contribution is 2.10. The lowest BCUT2D eigenvalue weighted by atomic mass is 10.2. The Labute approximate surface area is 110 Å². The lowest BCUT2D eigenvalue weighted by Crippen LogP contribution is -2.09. The predicted octanol–water partition coefficient (Wildman–Crippen LogP) is 1.11. The minimum absolute atomic E-state index is 0.282. The molecule has 0 aliphatic carbocycles. The van der Waals surface area contributed by atoms with Crippen molar-refractivity contribution < 1.29 is 9.13 Å². The highest BCUT2D eigenvalue weighted by molar-refractivity contribution is 5.32. The van der Waals surface area contributed by atoms with Crippen LogP contribution >= 0.6 is 0 Å². The van der Waals surface area contributed by atoms with Crippen molar-refractivity contribution in [2.75, 3.05) is 31.3 Å². The van der Waals surface area contributed by atoms with Crippen LogP contribution in [0.15, 0.2) is 24.3 Å². The molecular weight excluding hydrogens is 249 g/mol. The standard InChI is InChI=1S/C12H16FN5O/c1-19-6-5-15-12-16-11(14)18(17-12)8-9-3-2-4-10(13)7-9/h2-4,7H,5-6,8H2,1H3,(H3,14,15,16,17). The zero-order valence-electron chi connectivity index (χ0n) is 10.6. The number of nitrogens with two attached hydrogens (primary N) is 1. The fourth-order valence-corrected chi connectivity index (χ4v) is 1.62. The third kappa shape index (κ3) is 3.65. The number of nitrogen functional groups attached to an aromatic ring is 1. The predicted molar refractivity (Wildman–Crippen MR) is 70.3 cm³/mol. The largest absolute Gasteiger partial charge is 0.383 e. The van der Waals surface area contributed by atoms with E-state index >= 15 is 0 Å². The SMILES string of the molecule is COCCNc1nc(N)n(Cc2cccc(F)c2)n1. The third-order valence-corrected chi connectivity index (χ3v) is 2.51. The lowest BCUT2D eigenvalue weighted by Gasteiger charge is -2.03. The Bertz CT molecular complexity index is 543. The molecule has 0 saturated heterocycles. The number of nitrogens with zero attached hydrogens (tertiary/aromatic N) is 3. The normalized spacial score (nSPS) is 10.6. The van der Waals surface area contributed by atoms with Gasteiger partial charge in [0.25, 0.3) is 0 Å². The van der Waals surface area contributed by atoms with Gasteiger partial charge in [-0.3, -0.25) is 0 Å². The van der Waals surface area contributed by atoms with Crippen LogP contribution in [0, 0.1) is 5.82 Å². The first-order valence-corrected chi connectivity index (χ1v) is 5.86. The number of aromatic nitrogens is 3. The second-order valence-corrected chi connectivity index (χ2v) is 4.00. The summed E-state index contributed by atoms with van der Waals surface area (Å²) in [6, 6.07) is 6.29. The first kappa shape index (κ1) is 13.3. The average molecular weight is 265 g/mol. The maximum absolute atomic E-state index is 13.1. The van der Waals surface area contributed by atoms with E-state index in [0.717, 1.165) is 5.56 Å². The fraction of sp³-hybridized carbons (Fsp3) is 0.333. The number of hydrogen-bond acceptors (Lipinski definition) is 5. The fourth-order valence-electron chi connectivity index (χ4n) is 1.62. The molecular formula is C12H16FN5O. The van der Waals surface area contributed by atoms with Crippen molar-refractivity contribution in [3.05, 3.63) is 35.6 Å². The summed E-state index contributed by atoms with van der Waals surface area (Å²) in [4.78, 5) is 4.07. The molecule has 1 aromatic heterocycles. The first-order chi connectivity index (χ1) is 9.19. The van der Waals surface area contributed by atoms with Crippen LogP contribution in [0.25, 0.3) is 0 Å². The van der Waals surface area contributed by atoms with Crippen LogP contribution in [0.4, 0.5) is 16.3 Å². The van der Waals surface area contributed by atoms with Gasteiger partial charge in [-0.1, -0.05) is 12.1 Å². The molecule has 0 radical (unpaired) electrons. The van der Waals surface area contributed by atoms with Crippen molar-refractivity contribution in [1.29, 1.82) is 0 Å². The second kappa shape index (κ2) is 6.14. The van der Waals surface area contributed by atoms with Gasteiger partial charge in [0.15, 0.2) is 0 Å². The molecule has 3 N–H and O–H groups in total. The maximum Gasteiger partial charge on any atom is 0.244 e. The second-order valence-electron chi connectivity index (χ2n) is 4.00. The zero-order chi connectivity index (χ0) is 13.7. The summed E-state index contributed by atoms with van der Waals surface area (Å²) >= 11 is 0. The molecule has 0 amide bonds. The van der Waals surface area contributed by atoms with Crippen LogP contribution in [0.3, 0.4) is 0 Å². The highest BCUT2D eigenvalue weighted by Gasteiger charge is 2.07. The number of rotatable bonds is 6. The van der Waals surface area contributed by atoms with Gasteiger partial charge in [-0.15, -0.1) is 5.10 Å². The Kier molecular flexibility index (Phi) is 4.30. The number of hydrogen-bond donors (Lipinski definition) is 2. The smallest absolute Gasteiger partial charge is 0.244 e. The van der Waals surface area contributed by atoms with Crippen molar-refractivity contribution >= 4 is 11.9 Å². The van der Waals surface area contributed by atoms with Gasteiger partial charge in [0.2, 0.25) is 11.9 Å². The molecule has 1 heterocycles. The minimum Gasteiger partial charge on any atom is -0.383 e. The van der Waals surface area contributed by atoms with E-state index in [1.165, 1.54) is 16.8 Å². The van der Waals surface area contributed by atoms with E-state index in [4.69, 9.17) is 10.5 Å². The summed E-state index contributed by atoms with van der Waals surface area (Å²) in [5.41, 5.74) is 6.53. The number of nitrogens with one attached hydrogen (secondary N) is 1. The van der Waals surface area contributed by atoms with E-state index in [0.29, 0.717) is 25.6 Å². The topological polar surface area (TPSA) is 78.0 Å². The number of methoxy groups -OCH3 is 1. The molecule has 0 aliphatic rings. The molecule has 0 atom stereocenters. The van der Waals surface area contributed by atoms with Crippen LogP contribution in [0.2, 0.25) is 0 Å². The van der Waals surface area contributed by atoms with E-state index in [1.54, 1.807) is 13.2 Å². The van der Waals surface area contributed by atoms with Crippen molar-refractivity contribution in [2.45, 2.75) is 6.54 Å². The monoisotopic (exact) mass is 265 g/mol. The average Bonchev–Trinajstić information content (AvgIpc) is 2.70. The molecule has 7 heteroatoms. The molecule has 2 aromatic rings. The summed E-state index contributed by atoms with van der Waals surface area (Å²) in [5, 5.41) is 7.18. The number of ether oxygens (including phenoxy) is 1. The van der Waals surface area contributed by atoms with E-state index in [2.05, 4.69) is 15.4 Å². The van der Waals surface area contributed by atoms with Crippen molar-refractivity contribution in [1.82, 2.24) is 14.8 Å². The molecule has 0 spiro atoms. The Morgan fingerprint density at radius 2 is 2.32 bits per heavy atom. The summed E-state index contributed by atoms with van der Waals surface area (Å²) in [7, 11) is 1.62. The van der Waals surface area contributed by atoms with Gasteiger partial charge in [-0.25, -0.2) is 9.07 Å². The Hall–Kier alpha value is -2.15. The van der Waals surface area contributed by atoms with E-state index in [1.807, 2.05) is 6.07 Å². The van der Waals surface area contributed by atoms with Gasteiger partial charge in [0, 0.05) is 13.7 Å². The van der Waals surface area contributed by atoms with Crippen LogP contribution < -0.4 is 11.1 Å². The lowest BCUT2D eigenvalue weighted by molar-refractivity contribution is 0.210. The van der Waals surface area contributed by atoms with Crippen molar-refractivity contribution in [2.24, 2.45) is 0 Å². The number of anilines is 2. The van der Waals surface area contributed by atoms with Gasteiger partial charge in [-0.05, 0) is 17.7 Å². The molecule has 0 unspecified atom stereocenters. The van der Waals surface area contributed by atoms with Crippen LogP contribution in [0.1, 0.15) is 5.56 Å². The van der Waals surface area contributed by atoms with Gasteiger partial charge in [0.1, 0.15) is 5.82 Å². The van der Waals surface area contributed by atoms with Gasteiger partial charge >= 0.3 is 0 Å². The molecule has 102 valence electrons. The molecule has 6 nitrogen and oxygen atoms in total. The summed E-state index contributed by atoms with van der Waals surface area (Å²) in [5.74, 6) is 0.435. The molecule has 0 saturated carbocycles. The molecule has 0 bridgehead atoms. The Morgan fingerprint density at radius 1 is 1.47 bits per heavy atom. The summed E-state index contributed by atoms with van der Waals surface area (Å²) in [6.45, 7) is 1.53. The van der Waals surface area contributed by atoms with Gasteiger partial charge in [0.05, 0.1) is 13.2 Å². The van der Waals surface area contributed by atoms with Crippen molar-refractivity contribution in [3.8, 4) is 0 Å². The van der Waals surface area contributed by atoms with Crippen LogP contribution in [-0.4, -0.2) is 35.0 Å². The Balaban J connectivity index is 2.04. The minimum atomic E-state index is -0.283. The quantitative estimate of drug-likeness (QED) is 0.765. The van der Waals surface area contributed by atoms with Gasteiger partial charge < -0.3 is 15.8 Å². The first-order valence-electron chi connectivity index (χ1n) is 5.86. The van der Waals surface area contributed by atoms with Crippen molar-refractivity contribution in [3.63, 3.8) is 0 Å². The molecule has 19 heavy (non-hydrogen) atoms. The van der Waals surface area contributed by atoms with Crippen LogP contribution in [-0.2, 0) is 11.3 Å². The number of benzene rings is 1. The molecule has 0 fully saturated rings. The number of halogens is 1. The summed E-state index contributed by atoms with van der Waals surface area (Å²) in [6.07, 6.45) is 0. The van der Waals surface area contributed by atoms with Crippen LogP contribution in [0.5, 0.6) is 0 Å². The third-order valence-electron chi connectivity index (χ3n) is 2.51. The maximum atomic E-state index is 13.1. The molecule has 2 rings (SSSR count). The summed E-state index contributed by atoms with van der Waals surface area (Å²) < 4.78 is 19.5. The van der Waals surface area contributed by atoms with E-state index in [9.17, 15) is 4.39 Å². The van der Waals surface area contributed by atoms with Gasteiger partial charge in [-0.2, -0.15) is 4.98 Å². The van der Waals surface area contributed by atoms with E-state index in [-0.39, 0.29) is 11.8 Å². The van der Waals surface area contributed by atoms with E-state index < -0.39 is 0 Å². The molecule has 1 aromatic carbocycles. The highest BCUT2D eigenvalue weighted by atomic mass is 19.1. The molecule has 0 aliphatic heterocycles. The Morgan fingerprint density at radius 3 is 3.05 bits per heavy atom. The zero-order valence-corrected chi connectivity index (χ0v) is 10.6.